The zero-order chi connectivity index (χ0) is 12.2. The van der Waals surface area contributed by atoms with Gasteiger partial charge in [0, 0.05) is 32.2 Å². The highest BCUT2D eigenvalue weighted by Crippen LogP contribution is 2.35. The molecule has 1 atom stereocenters. The Morgan fingerprint density at radius 1 is 1.56 bits per heavy atom. The third kappa shape index (κ3) is 3.76. The molecule has 1 aliphatic heterocycles. The SMILES string of the molecule is CCOC[C@H]1CN(CCC(=O)O)CC1(C)C. The summed E-state index contributed by atoms with van der Waals surface area (Å²) < 4.78 is 5.48. The first-order valence-electron chi connectivity index (χ1n) is 5.97. The van der Waals surface area contributed by atoms with E-state index >= 15 is 0 Å². The molecule has 0 aliphatic carbocycles. The van der Waals surface area contributed by atoms with Gasteiger partial charge in [0.05, 0.1) is 13.0 Å². The summed E-state index contributed by atoms with van der Waals surface area (Å²) in [5.41, 5.74) is 0.230. The second-order valence-electron chi connectivity index (χ2n) is 5.22. The summed E-state index contributed by atoms with van der Waals surface area (Å²) >= 11 is 0. The van der Waals surface area contributed by atoms with E-state index in [1.165, 1.54) is 0 Å². The monoisotopic (exact) mass is 229 g/mol. The molecule has 0 radical (unpaired) electrons. The standard InChI is InChI=1S/C12H23NO3/c1-4-16-8-10-7-13(6-5-11(14)15)9-12(10,2)3/h10H,4-9H2,1-3H3,(H,14,15)/t10-/m1/s1. The molecule has 1 aliphatic rings. The van der Waals surface area contributed by atoms with Crippen LogP contribution >= 0.6 is 0 Å². The van der Waals surface area contributed by atoms with Gasteiger partial charge in [-0.1, -0.05) is 13.8 Å². The van der Waals surface area contributed by atoms with Gasteiger partial charge < -0.3 is 14.7 Å². The molecule has 0 spiro atoms. The van der Waals surface area contributed by atoms with Gasteiger partial charge in [0.15, 0.2) is 0 Å². The van der Waals surface area contributed by atoms with Crippen LogP contribution in [0.4, 0.5) is 0 Å². The lowest BCUT2D eigenvalue weighted by Gasteiger charge is -2.25. The van der Waals surface area contributed by atoms with Crippen molar-refractivity contribution in [2.45, 2.75) is 27.2 Å². The van der Waals surface area contributed by atoms with Crippen LogP contribution in [0.15, 0.2) is 0 Å². The zero-order valence-corrected chi connectivity index (χ0v) is 10.5. The molecule has 1 rings (SSSR count). The number of hydrogen-bond acceptors (Lipinski definition) is 3. The molecule has 4 heteroatoms. The van der Waals surface area contributed by atoms with Crippen molar-refractivity contribution in [2.24, 2.45) is 11.3 Å². The Hall–Kier alpha value is -0.610. The predicted octanol–water partition coefficient (Wildman–Crippen LogP) is 1.46. The minimum atomic E-state index is -0.717. The van der Waals surface area contributed by atoms with E-state index in [0.29, 0.717) is 12.5 Å². The minimum Gasteiger partial charge on any atom is -0.481 e. The normalized spacial score (nSPS) is 24.8. The van der Waals surface area contributed by atoms with Crippen molar-refractivity contribution in [3.63, 3.8) is 0 Å². The molecule has 0 saturated carbocycles. The van der Waals surface area contributed by atoms with Crippen molar-refractivity contribution in [3.05, 3.63) is 0 Å². The minimum absolute atomic E-state index is 0.230. The van der Waals surface area contributed by atoms with Gasteiger partial charge in [-0.3, -0.25) is 4.79 Å². The molecular formula is C12H23NO3. The van der Waals surface area contributed by atoms with Crippen molar-refractivity contribution < 1.29 is 14.6 Å². The van der Waals surface area contributed by atoms with Gasteiger partial charge in [-0.15, -0.1) is 0 Å². The van der Waals surface area contributed by atoms with Crippen LogP contribution in [0.3, 0.4) is 0 Å². The highest BCUT2D eigenvalue weighted by molar-refractivity contribution is 5.66. The summed E-state index contributed by atoms with van der Waals surface area (Å²) in [6, 6.07) is 0. The Morgan fingerprint density at radius 2 is 2.25 bits per heavy atom. The van der Waals surface area contributed by atoms with E-state index in [-0.39, 0.29) is 11.8 Å². The molecule has 1 fully saturated rings. The van der Waals surface area contributed by atoms with Crippen LogP contribution < -0.4 is 0 Å². The van der Waals surface area contributed by atoms with E-state index in [1.54, 1.807) is 0 Å². The first kappa shape index (κ1) is 13.5. The summed E-state index contributed by atoms with van der Waals surface area (Å²) in [7, 11) is 0. The maximum Gasteiger partial charge on any atom is 0.304 e. The molecule has 16 heavy (non-hydrogen) atoms. The van der Waals surface area contributed by atoms with E-state index < -0.39 is 5.97 Å². The maximum absolute atomic E-state index is 10.5. The Balaban J connectivity index is 2.40. The average molecular weight is 229 g/mol. The Morgan fingerprint density at radius 3 is 2.81 bits per heavy atom. The molecule has 1 heterocycles. The molecule has 0 unspecified atom stereocenters. The van der Waals surface area contributed by atoms with Crippen LogP contribution in [0.2, 0.25) is 0 Å². The largest absolute Gasteiger partial charge is 0.481 e. The van der Waals surface area contributed by atoms with E-state index in [4.69, 9.17) is 9.84 Å². The molecule has 94 valence electrons. The highest BCUT2D eigenvalue weighted by atomic mass is 16.5. The molecule has 0 amide bonds. The van der Waals surface area contributed by atoms with Gasteiger partial charge in [-0.25, -0.2) is 0 Å². The number of carboxylic acids is 1. The first-order valence-corrected chi connectivity index (χ1v) is 5.97. The van der Waals surface area contributed by atoms with Crippen molar-refractivity contribution in [1.82, 2.24) is 4.90 Å². The van der Waals surface area contributed by atoms with Crippen molar-refractivity contribution >= 4 is 5.97 Å². The number of aliphatic carboxylic acids is 1. The van der Waals surface area contributed by atoms with Crippen LogP contribution in [0.25, 0.3) is 0 Å². The molecule has 1 N–H and O–H groups in total. The fourth-order valence-corrected chi connectivity index (χ4v) is 2.29. The number of ether oxygens (including phenoxy) is 1. The summed E-state index contributed by atoms with van der Waals surface area (Å²) in [6.45, 7) is 10.6. The van der Waals surface area contributed by atoms with Crippen LogP contribution in [0.1, 0.15) is 27.2 Å². The topological polar surface area (TPSA) is 49.8 Å². The summed E-state index contributed by atoms with van der Waals surface area (Å²) in [5, 5.41) is 8.66. The number of carboxylic acid groups (broad SMARTS) is 1. The van der Waals surface area contributed by atoms with E-state index in [1.807, 2.05) is 6.92 Å². The van der Waals surface area contributed by atoms with Crippen LogP contribution in [0.5, 0.6) is 0 Å². The quantitative estimate of drug-likeness (QED) is 0.749. The molecule has 1 saturated heterocycles. The van der Waals surface area contributed by atoms with Crippen molar-refractivity contribution in [1.29, 1.82) is 0 Å². The summed E-state index contributed by atoms with van der Waals surface area (Å²) in [6.07, 6.45) is 0.234. The summed E-state index contributed by atoms with van der Waals surface area (Å²) in [5.74, 6) is -0.202. The second-order valence-corrected chi connectivity index (χ2v) is 5.22. The molecule has 0 aromatic heterocycles. The third-order valence-electron chi connectivity index (χ3n) is 3.38. The number of rotatable bonds is 6. The maximum atomic E-state index is 10.5. The fourth-order valence-electron chi connectivity index (χ4n) is 2.29. The lowest BCUT2D eigenvalue weighted by atomic mass is 9.83. The van der Waals surface area contributed by atoms with Crippen LogP contribution in [-0.2, 0) is 9.53 Å². The van der Waals surface area contributed by atoms with E-state index in [0.717, 1.165) is 26.3 Å². The Bertz CT molecular complexity index is 240. The van der Waals surface area contributed by atoms with Crippen molar-refractivity contribution in [3.8, 4) is 0 Å². The average Bonchev–Trinajstić information content (AvgIpc) is 2.47. The van der Waals surface area contributed by atoms with Crippen molar-refractivity contribution in [2.75, 3.05) is 32.8 Å². The number of likely N-dealkylation sites (tertiary alicyclic amines) is 1. The van der Waals surface area contributed by atoms with Gasteiger partial charge in [-0.2, -0.15) is 0 Å². The lowest BCUT2D eigenvalue weighted by molar-refractivity contribution is -0.137. The first-order chi connectivity index (χ1) is 7.45. The van der Waals surface area contributed by atoms with E-state index in [2.05, 4.69) is 18.7 Å². The molecule has 0 aromatic carbocycles. The molecule has 4 nitrogen and oxygen atoms in total. The smallest absolute Gasteiger partial charge is 0.304 e. The van der Waals surface area contributed by atoms with E-state index in [9.17, 15) is 4.79 Å². The predicted molar refractivity (Wildman–Crippen MR) is 62.5 cm³/mol. The molecule has 0 bridgehead atoms. The lowest BCUT2D eigenvalue weighted by Crippen LogP contribution is -2.26. The molecular weight excluding hydrogens is 206 g/mol. The Kier molecular flexibility index (Phi) is 4.74. The van der Waals surface area contributed by atoms with Gasteiger partial charge in [0.1, 0.15) is 0 Å². The van der Waals surface area contributed by atoms with Crippen LogP contribution in [0, 0.1) is 11.3 Å². The number of carbonyl (C=O) groups is 1. The Labute approximate surface area is 97.6 Å². The third-order valence-corrected chi connectivity index (χ3v) is 3.38. The zero-order valence-electron chi connectivity index (χ0n) is 10.5. The second kappa shape index (κ2) is 5.64. The number of hydrogen-bond donors (Lipinski definition) is 1. The number of nitrogens with zero attached hydrogens (tertiary/aromatic N) is 1. The van der Waals surface area contributed by atoms with Crippen LogP contribution in [-0.4, -0.2) is 48.8 Å². The van der Waals surface area contributed by atoms with Gasteiger partial charge >= 0.3 is 5.97 Å². The molecule has 0 aromatic rings. The summed E-state index contributed by atoms with van der Waals surface area (Å²) in [4.78, 5) is 12.8. The van der Waals surface area contributed by atoms with Gasteiger partial charge in [-0.05, 0) is 12.3 Å². The van der Waals surface area contributed by atoms with Gasteiger partial charge in [0.2, 0.25) is 0 Å². The fraction of sp³-hybridized carbons (Fsp3) is 0.917. The van der Waals surface area contributed by atoms with Gasteiger partial charge in [0.25, 0.3) is 0 Å². The highest BCUT2D eigenvalue weighted by Gasteiger charge is 2.38.